The van der Waals surface area contributed by atoms with Crippen molar-refractivity contribution < 1.29 is 8.42 Å². The van der Waals surface area contributed by atoms with Crippen molar-refractivity contribution in [1.82, 2.24) is 0 Å². The molecule has 1 heterocycles. The molecule has 1 aromatic carbocycles. The van der Waals surface area contributed by atoms with Crippen molar-refractivity contribution in [2.75, 3.05) is 17.8 Å². The normalized spacial score (nSPS) is 22.8. The average Bonchev–Trinajstić information content (AvgIpc) is 2.67. The molecule has 1 aliphatic rings. The Morgan fingerprint density at radius 3 is 2.76 bits per heavy atom. The summed E-state index contributed by atoms with van der Waals surface area (Å²) in [6.45, 7) is 0. The van der Waals surface area contributed by atoms with E-state index in [-0.39, 0.29) is 0 Å². The van der Waals surface area contributed by atoms with Crippen LogP contribution >= 0.6 is 11.8 Å². The molecule has 2 nitrogen and oxygen atoms in total. The lowest BCUT2D eigenvalue weighted by molar-refractivity contribution is 0.540. The molecule has 17 heavy (non-hydrogen) atoms. The molecule has 4 heteroatoms. The fraction of sp³-hybridized carbons (Fsp3) is 0.538. The van der Waals surface area contributed by atoms with E-state index in [0.717, 1.165) is 19.3 Å². The van der Waals surface area contributed by atoms with Crippen LogP contribution in [0.15, 0.2) is 29.2 Å². The van der Waals surface area contributed by atoms with Crippen LogP contribution in [-0.2, 0) is 16.3 Å². The number of hydrogen-bond acceptors (Lipinski definition) is 3. The summed E-state index contributed by atoms with van der Waals surface area (Å²) in [5, 5.41) is 0. The molecule has 94 valence electrons. The highest BCUT2D eigenvalue weighted by Gasteiger charge is 2.27. The Morgan fingerprint density at radius 2 is 2.12 bits per heavy atom. The van der Waals surface area contributed by atoms with Crippen molar-refractivity contribution in [2.24, 2.45) is 5.92 Å². The molecule has 0 spiro atoms. The average molecular weight is 270 g/mol. The Balaban J connectivity index is 1.94. The van der Waals surface area contributed by atoms with Crippen molar-refractivity contribution in [3.8, 4) is 0 Å². The lowest BCUT2D eigenvalue weighted by Crippen LogP contribution is -2.06. The zero-order chi connectivity index (χ0) is 12.3. The molecule has 0 aliphatic carbocycles. The van der Waals surface area contributed by atoms with Gasteiger partial charge in [0.15, 0.2) is 9.84 Å². The molecule has 1 atom stereocenters. The van der Waals surface area contributed by atoms with E-state index in [1.165, 1.54) is 10.5 Å². The van der Waals surface area contributed by atoms with Gasteiger partial charge in [0.25, 0.3) is 0 Å². The second-order valence-electron chi connectivity index (χ2n) is 4.62. The second-order valence-corrected chi connectivity index (χ2v) is 7.70. The number of rotatable bonds is 4. The van der Waals surface area contributed by atoms with Crippen LogP contribution in [-0.4, -0.2) is 26.2 Å². The number of sulfone groups is 1. The largest absolute Gasteiger partial charge is 0.229 e. The molecule has 0 bridgehead atoms. The molecule has 1 fully saturated rings. The maximum absolute atomic E-state index is 11.4. The number of benzene rings is 1. The van der Waals surface area contributed by atoms with Gasteiger partial charge in [-0.2, -0.15) is 0 Å². The smallest absolute Gasteiger partial charge is 0.150 e. The minimum absolute atomic E-state index is 0.370. The number of hydrogen-bond donors (Lipinski definition) is 0. The van der Waals surface area contributed by atoms with E-state index in [1.54, 1.807) is 11.8 Å². The highest BCUT2D eigenvalue weighted by atomic mass is 32.2. The van der Waals surface area contributed by atoms with E-state index in [9.17, 15) is 8.42 Å². The predicted molar refractivity (Wildman–Crippen MR) is 73.3 cm³/mol. The zero-order valence-corrected chi connectivity index (χ0v) is 11.7. The van der Waals surface area contributed by atoms with Gasteiger partial charge in [-0.1, -0.05) is 18.2 Å². The van der Waals surface area contributed by atoms with Crippen LogP contribution < -0.4 is 0 Å². The highest BCUT2D eigenvalue weighted by Crippen LogP contribution is 2.26. The van der Waals surface area contributed by atoms with Crippen LogP contribution in [0.3, 0.4) is 0 Å². The van der Waals surface area contributed by atoms with Crippen molar-refractivity contribution in [3.63, 3.8) is 0 Å². The summed E-state index contributed by atoms with van der Waals surface area (Å²) in [6.07, 6.45) is 4.93. The SMILES string of the molecule is CSc1ccccc1CC[C@@H]1CCS(=O)(=O)C1. The van der Waals surface area contributed by atoms with E-state index in [4.69, 9.17) is 0 Å². The lowest BCUT2D eigenvalue weighted by Gasteiger charge is -2.10. The van der Waals surface area contributed by atoms with Crippen molar-refractivity contribution in [2.45, 2.75) is 24.2 Å². The standard InChI is InChI=1S/C13H18O2S2/c1-16-13-5-3-2-4-12(13)7-6-11-8-9-17(14,15)10-11/h2-5,11H,6-10H2,1H3/t11-/m1/s1. The molecular weight excluding hydrogens is 252 g/mol. The molecule has 0 aromatic heterocycles. The van der Waals surface area contributed by atoms with Gasteiger partial charge in [-0.15, -0.1) is 11.8 Å². The number of thioether (sulfide) groups is 1. The van der Waals surface area contributed by atoms with Crippen LogP contribution in [0, 0.1) is 5.92 Å². The summed E-state index contributed by atoms with van der Waals surface area (Å²) >= 11 is 1.76. The molecule has 0 radical (unpaired) electrons. The third-order valence-electron chi connectivity index (χ3n) is 3.34. The summed E-state index contributed by atoms with van der Waals surface area (Å²) in [5.74, 6) is 1.16. The van der Waals surface area contributed by atoms with E-state index in [0.29, 0.717) is 17.4 Å². The first kappa shape index (κ1) is 13.0. The molecule has 1 aliphatic heterocycles. The van der Waals surface area contributed by atoms with Gasteiger partial charge in [-0.3, -0.25) is 0 Å². The molecule has 0 N–H and O–H groups in total. The Hall–Kier alpha value is -0.480. The van der Waals surface area contributed by atoms with Crippen molar-refractivity contribution in [1.29, 1.82) is 0 Å². The quantitative estimate of drug-likeness (QED) is 0.789. The van der Waals surface area contributed by atoms with E-state index in [1.807, 2.05) is 0 Å². The maximum atomic E-state index is 11.4. The maximum Gasteiger partial charge on any atom is 0.150 e. The third kappa shape index (κ3) is 3.49. The fourth-order valence-electron chi connectivity index (χ4n) is 2.37. The van der Waals surface area contributed by atoms with Crippen LogP contribution in [0.1, 0.15) is 18.4 Å². The summed E-state index contributed by atoms with van der Waals surface area (Å²) in [7, 11) is -2.72. The zero-order valence-electron chi connectivity index (χ0n) is 10.1. The first-order valence-electron chi connectivity index (χ1n) is 5.93. The topological polar surface area (TPSA) is 34.1 Å². The van der Waals surface area contributed by atoms with Gasteiger partial charge in [-0.25, -0.2) is 8.42 Å². The minimum Gasteiger partial charge on any atom is -0.229 e. The van der Waals surface area contributed by atoms with Gasteiger partial charge in [0.2, 0.25) is 0 Å². The first-order valence-corrected chi connectivity index (χ1v) is 8.97. The Labute approximate surface area is 108 Å². The van der Waals surface area contributed by atoms with Crippen molar-refractivity contribution >= 4 is 21.6 Å². The van der Waals surface area contributed by atoms with Gasteiger partial charge < -0.3 is 0 Å². The van der Waals surface area contributed by atoms with Crippen LogP contribution in [0.5, 0.6) is 0 Å². The van der Waals surface area contributed by atoms with E-state index < -0.39 is 9.84 Å². The Bertz CT molecular complexity index is 480. The highest BCUT2D eigenvalue weighted by molar-refractivity contribution is 7.98. The van der Waals surface area contributed by atoms with Crippen LogP contribution in [0.4, 0.5) is 0 Å². The van der Waals surface area contributed by atoms with Gasteiger partial charge in [-0.05, 0) is 43.1 Å². The summed E-state index contributed by atoms with van der Waals surface area (Å²) in [5.41, 5.74) is 1.35. The van der Waals surface area contributed by atoms with Crippen molar-refractivity contribution in [3.05, 3.63) is 29.8 Å². The van der Waals surface area contributed by atoms with Gasteiger partial charge >= 0.3 is 0 Å². The molecule has 1 saturated heterocycles. The Morgan fingerprint density at radius 1 is 1.35 bits per heavy atom. The summed E-state index contributed by atoms with van der Waals surface area (Å²) in [4.78, 5) is 1.31. The molecule has 1 aromatic rings. The lowest BCUT2D eigenvalue weighted by atomic mass is 9.99. The van der Waals surface area contributed by atoms with Gasteiger partial charge in [0.05, 0.1) is 11.5 Å². The number of aryl methyl sites for hydroxylation is 1. The first-order chi connectivity index (χ1) is 8.11. The molecule has 2 rings (SSSR count). The fourth-order valence-corrected chi connectivity index (χ4v) is 4.93. The predicted octanol–water partition coefficient (Wildman–Crippen LogP) is 2.78. The summed E-state index contributed by atoms with van der Waals surface area (Å²) < 4.78 is 22.7. The van der Waals surface area contributed by atoms with Gasteiger partial charge in [0, 0.05) is 4.90 Å². The Kier molecular flexibility index (Phi) is 4.15. The molecular formula is C13H18O2S2. The monoisotopic (exact) mass is 270 g/mol. The van der Waals surface area contributed by atoms with Crippen LogP contribution in [0.2, 0.25) is 0 Å². The molecule has 0 unspecified atom stereocenters. The molecule has 0 saturated carbocycles. The second kappa shape index (κ2) is 5.44. The van der Waals surface area contributed by atoms with E-state index >= 15 is 0 Å². The van der Waals surface area contributed by atoms with Crippen LogP contribution in [0.25, 0.3) is 0 Å². The summed E-state index contributed by atoms with van der Waals surface area (Å²) in [6, 6.07) is 8.39. The molecule has 0 amide bonds. The minimum atomic E-state index is -2.72. The van der Waals surface area contributed by atoms with Gasteiger partial charge in [0.1, 0.15) is 0 Å². The third-order valence-corrected chi connectivity index (χ3v) is 6.02. The van der Waals surface area contributed by atoms with E-state index in [2.05, 4.69) is 30.5 Å².